The van der Waals surface area contributed by atoms with Crippen molar-refractivity contribution >= 4 is 22.1 Å². The van der Waals surface area contributed by atoms with E-state index in [4.69, 9.17) is 12.2 Å². The fourth-order valence-corrected chi connectivity index (χ4v) is 2.81. The molecule has 1 atom stereocenters. The van der Waals surface area contributed by atoms with E-state index in [0.717, 1.165) is 5.69 Å². The molecule has 1 aromatic rings. The first-order valence-corrected chi connectivity index (χ1v) is 6.72. The lowest BCUT2D eigenvalue weighted by Crippen LogP contribution is -2.15. The van der Waals surface area contributed by atoms with Crippen molar-refractivity contribution in [2.45, 2.75) is 19.9 Å². The molecule has 1 N–H and O–H groups in total. The molecule has 0 radical (unpaired) electrons. The van der Waals surface area contributed by atoms with Crippen LogP contribution in [-0.2, 0) is 9.84 Å². The first-order chi connectivity index (χ1) is 6.29. The number of imidazole rings is 1. The van der Waals surface area contributed by atoms with Crippen molar-refractivity contribution in [1.29, 1.82) is 0 Å². The van der Waals surface area contributed by atoms with Gasteiger partial charge in [0.25, 0.3) is 0 Å². The molecule has 0 bridgehead atoms. The summed E-state index contributed by atoms with van der Waals surface area (Å²) in [7, 11) is -2.96. The van der Waals surface area contributed by atoms with Gasteiger partial charge in [0.2, 0.25) is 0 Å². The molecule has 6 heteroatoms. The van der Waals surface area contributed by atoms with E-state index in [1.807, 2.05) is 20.0 Å². The molecule has 0 saturated heterocycles. The molecule has 0 aliphatic heterocycles. The summed E-state index contributed by atoms with van der Waals surface area (Å²) in [5.41, 5.74) is 0.940. The van der Waals surface area contributed by atoms with Gasteiger partial charge in [0.1, 0.15) is 9.84 Å². The largest absolute Gasteiger partial charge is 0.335 e. The molecular weight excluding hydrogens is 220 g/mol. The van der Waals surface area contributed by atoms with Gasteiger partial charge in [-0.25, -0.2) is 8.42 Å². The number of aryl methyl sites for hydroxylation is 1. The fourth-order valence-electron chi connectivity index (χ4n) is 1.38. The maximum absolute atomic E-state index is 11.1. The van der Waals surface area contributed by atoms with Gasteiger partial charge >= 0.3 is 0 Å². The quantitative estimate of drug-likeness (QED) is 0.806. The summed E-state index contributed by atoms with van der Waals surface area (Å²) in [4.78, 5) is 2.96. The number of H-pyrrole nitrogens is 1. The lowest BCUT2D eigenvalue weighted by atomic mass is 10.4. The van der Waals surface area contributed by atoms with Crippen LogP contribution in [0.2, 0.25) is 0 Å². The molecule has 0 spiro atoms. The molecule has 14 heavy (non-hydrogen) atoms. The maximum atomic E-state index is 11.1. The zero-order chi connectivity index (χ0) is 10.9. The van der Waals surface area contributed by atoms with E-state index in [2.05, 4.69) is 4.98 Å². The monoisotopic (exact) mass is 234 g/mol. The summed E-state index contributed by atoms with van der Waals surface area (Å²) < 4.78 is 24.5. The highest BCUT2D eigenvalue weighted by atomic mass is 32.2. The SMILES string of the molecule is Cc1cn(C(C)CS(C)(=O)=O)c(=S)[nH]1. The van der Waals surface area contributed by atoms with Crippen LogP contribution < -0.4 is 0 Å². The van der Waals surface area contributed by atoms with Crippen molar-refractivity contribution in [3.8, 4) is 0 Å². The van der Waals surface area contributed by atoms with Crippen LogP contribution in [0.4, 0.5) is 0 Å². The molecule has 80 valence electrons. The van der Waals surface area contributed by atoms with E-state index >= 15 is 0 Å². The second kappa shape index (κ2) is 3.86. The highest BCUT2D eigenvalue weighted by molar-refractivity contribution is 7.90. The molecule has 1 heterocycles. The van der Waals surface area contributed by atoms with E-state index in [1.165, 1.54) is 6.26 Å². The highest BCUT2D eigenvalue weighted by Crippen LogP contribution is 2.10. The summed E-state index contributed by atoms with van der Waals surface area (Å²) in [5.74, 6) is 0.110. The van der Waals surface area contributed by atoms with Gasteiger partial charge in [0.05, 0.1) is 5.75 Å². The number of rotatable bonds is 3. The smallest absolute Gasteiger partial charge is 0.177 e. The average Bonchev–Trinajstić information content (AvgIpc) is 2.26. The predicted octanol–water partition coefficient (Wildman–Crippen LogP) is 1.46. The Balaban J connectivity index is 2.96. The third-order valence-electron chi connectivity index (χ3n) is 1.89. The first kappa shape index (κ1) is 11.5. The van der Waals surface area contributed by atoms with Gasteiger partial charge in [0.15, 0.2) is 4.77 Å². The lowest BCUT2D eigenvalue weighted by molar-refractivity contribution is 0.558. The number of aromatic nitrogens is 2. The summed E-state index contributed by atoms with van der Waals surface area (Å²) in [6, 6.07) is -0.123. The van der Waals surface area contributed by atoms with Gasteiger partial charge < -0.3 is 9.55 Å². The minimum absolute atomic E-state index is 0.110. The fraction of sp³-hybridized carbons (Fsp3) is 0.625. The molecule has 4 nitrogen and oxygen atoms in total. The third-order valence-corrected chi connectivity index (χ3v) is 3.29. The van der Waals surface area contributed by atoms with Gasteiger partial charge in [-0.1, -0.05) is 0 Å². The summed E-state index contributed by atoms with van der Waals surface area (Å²) in [6.45, 7) is 3.73. The zero-order valence-corrected chi connectivity index (χ0v) is 10.1. The van der Waals surface area contributed by atoms with Crippen LogP contribution in [0.1, 0.15) is 18.7 Å². The zero-order valence-electron chi connectivity index (χ0n) is 8.44. The molecule has 0 amide bonds. The van der Waals surface area contributed by atoms with Crippen LogP contribution in [0.15, 0.2) is 6.20 Å². The van der Waals surface area contributed by atoms with Crippen molar-refractivity contribution in [3.05, 3.63) is 16.7 Å². The number of aromatic amines is 1. The second-order valence-electron chi connectivity index (χ2n) is 3.59. The van der Waals surface area contributed by atoms with Gasteiger partial charge in [-0.3, -0.25) is 0 Å². The Bertz CT molecular complexity index is 470. The lowest BCUT2D eigenvalue weighted by Gasteiger charge is -2.11. The Morgan fingerprint density at radius 1 is 1.64 bits per heavy atom. The highest BCUT2D eigenvalue weighted by Gasteiger charge is 2.12. The number of sulfone groups is 1. The van der Waals surface area contributed by atoms with Crippen molar-refractivity contribution in [1.82, 2.24) is 9.55 Å². The van der Waals surface area contributed by atoms with E-state index in [-0.39, 0.29) is 11.8 Å². The van der Waals surface area contributed by atoms with Crippen LogP contribution in [-0.4, -0.2) is 30.0 Å². The van der Waals surface area contributed by atoms with Gasteiger partial charge in [-0.05, 0) is 26.1 Å². The van der Waals surface area contributed by atoms with Crippen molar-refractivity contribution < 1.29 is 8.42 Å². The van der Waals surface area contributed by atoms with E-state index < -0.39 is 9.84 Å². The van der Waals surface area contributed by atoms with Gasteiger partial charge in [-0.15, -0.1) is 0 Å². The number of nitrogens with zero attached hydrogens (tertiary/aromatic N) is 1. The van der Waals surface area contributed by atoms with Crippen LogP contribution >= 0.6 is 12.2 Å². The van der Waals surface area contributed by atoms with Crippen molar-refractivity contribution in [3.63, 3.8) is 0 Å². The summed E-state index contributed by atoms with van der Waals surface area (Å²) >= 11 is 5.05. The van der Waals surface area contributed by atoms with Crippen LogP contribution in [0, 0.1) is 11.7 Å². The van der Waals surface area contributed by atoms with Crippen LogP contribution in [0.25, 0.3) is 0 Å². The van der Waals surface area contributed by atoms with E-state index in [9.17, 15) is 8.42 Å². The molecular formula is C8H14N2O2S2. The number of hydrogen-bond donors (Lipinski definition) is 1. The molecule has 0 aliphatic carbocycles. The van der Waals surface area contributed by atoms with Gasteiger partial charge in [-0.2, -0.15) is 0 Å². The Labute approximate surface area is 88.9 Å². The van der Waals surface area contributed by atoms with Crippen LogP contribution in [0.5, 0.6) is 0 Å². The van der Waals surface area contributed by atoms with Crippen LogP contribution in [0.3, 0.4) is 0 Å². The Kier molecular flexibility index (Phi) is 3.16. The minimum Gasteiger partial charge on any atom is -0.335 e. The third kappa shape index (κ3) is 2.95. The first-order valence-electron chi connectivity index (χ1n) is 4.25. The summed E-state index contributed by atoms with van der Waals surface area (Å²) in [6.07, 6.45) is 3.06. The molecule has 1 aromatic heterocycles. The van der Waals surface area contributed by atoms with Gasteiger partial charge in [0, 0.05) is 24.2 Å². The van der Waals surface area contributed by atoms with E-state index in [0.29, 0.717) is 4.77 Å². The van der Waals surface area contributed by atoms with E-state index in [1.54, 1.807) is 4.57 Å². The minimum atomic E-state index is -2.96. The standard InChI is InChI=1S/C8H14N2O2S2/c1-6-4-10(8(13)9-6)7(2)5-14(3,11)12/h4,7H,5H2,1-3H3,(H,9,13). The molecule has 0 fully saturated rings. The number of hydrogen-bond acceptors (Lipinski definition) is 3. The summed E-state index contributed by atoms with van der Waals surface area (Å²) in [5, 5.41) is 0. The Morgan fingerprint density at radius 2 is 2.21 bits per heavy atom. The molecule has 0 saturated carbocycles. The second-order valence-corrected chi connectivity index (χ2v) is 6.16. The number of nitrogens with one attached hydrogen (secondary N) is 1. The molecule has 0 aliphatic rings. The van der Waals surface area contributed by atoms with Crippen molar-refractivity contribution in [2.24, 2.45) is 0 Å². The molecule has 1 rings (SSSR count). The average molecular weight is 234 g/mol. The predicted molar refractivity (Wildman–Crippen MR) is 58.8 cm³/mol. The van der Waals surface area contributed by atoms with Crippen molar-refractivity contribution in [2.75, 3.05) is 12.0 Å². The normalized spacial score (nSPS) is 14.2. The maximum Gasteiger partial charge on any atom is 0.177 e. The Hall–Kier alpha value is -0.620. The topological polar surface area (TPSA) is 54.9 Å². The molecule has 1 unspecified atom stereocenters. The molecule has 0 aromatic carbocycles. The Morgan fingerprint density at radius 3 is 2.57 bits per heavy atom.